The summed E-state index contributed by atoms with van der Waals surface area (Å²) in [5.74, 6) is 0.0926. The molecule has 0 saturated carbocycles. The fraction of sp³-hybridized carbons (Fsp3) is 0.833. The molecule has 0 aromatic heterocycles. The zero-order chi connectivity index (χ0) is 10.4. The molecule has 0 spiro atoms. The van der Waals surface area contributed by atoms with Crippen LogP contribution in [-0.4, -0.2) is 42.8 Å². The number of rotatable bonds is 0. The van der Waals surface area contributed by atoms with E-state index in [4.69, 9.17) is 5.11 Å². The van der Waals surface area contributed by atoms with E-state index in [9.17, 15) is 18.0 Å². The first-order chi connectivity index (χ1) is 5.20. The SMILES string of the molecule is CC(=O)N(C)C.OCC(F)(F)F. The van der Waals surface area contributed by atoms with Gasteiger partial charge in [0.05, 0.1) is 0 Å². The summed E-state index contributed by atoms with van der Waals surface area (Å²) in [6.45, 7) is -0.201. The van der Waals surface area contributed by atoms with Crippen molar-refractivity contribution >= 4 is 5.91 Å². The summed E-state index contributed by atoms with van der Waals surface area (Å²) in [7, 11) is 3.45. The summed E-state index contributed by atoms with van der Waals surface area (Å²) < 4.78 is 31.6. The van der Waals surface area contributed by atoms with E-state index in [2.05, 4.69) is 0 Å². The van der Waals surface area contributed by atoms with Crippen LogP contribution in [0.5, 0.6) is 0 Å². The van der Waals surface area contributed by atoms with Crippen LogP contribution < -0.4 is 0 Å². The topological polar surface area (TPSA) is 40.5 Å². The molecule has 3 nitrogen and oxygen atoms in total. The summed E-state index contributed by atoms with van der Waals surface area (Å²) in [6.07, 6.45) is -4.40. The van der Waals surface area contributed by atoms with Gasteiger partial charge in [0.1, 0.15) is 6.61 Å². The number of nitrogens with zero attached hydrogens (tertiary/aromatic N) is 1. The van der Waals surface area contributed by atoms with Gasteiger partial charge in [-0.2, -0.15) is 13.2 Å². The Bertz CT molecular complexity index is 133. The van der Waals surface area contributed by atoms with Crippen LogP contribution in [0.3, 0.4) is 0 Å². The van der Waals surface area contributed by atoms with Gasteiger partial charge < -0.3 is 10.0 Å². The molecular formula is C6H12F3NO2. The van der Waals surface area contributed by atoms with Crippen LogP contribution in [0, 0.1) is 0 Å². The van der Waals surface area contributed by atoms with Gasteiger partial charge in [0.15, 0.2) is 0 Å². The minimum absolute atomic E-state index is 0.0926. The highest BCUT2D eigenvalue weighted by Gasteiger charge is 2.24. The Balaban J connectivity index is 0. The van der Waals surface area contributed by atoms with Crippen molar-refractivity contribution in [3.63, 3.8) is 0 Å². The van der Waals surface area contributed by atoms with Gasteiger partial charge >= 0.3 is 6.18 Å². The summed E-state index contributed by atoms with van der Waals surface area (Å²) in [5, 5.41) is 7.28. The second-order valence-corrected chi connectivity index (χ2v) is 2.19. The van der Waals surface area contributed by atoms with Crippen LogP contribution >= 0.6 is 0 Å². The smallest absolute Gasteiger partial charge is 0.387 e. The molecule has 0 aliphatic rings. The van der Waals surface area contributed by atoms with Crippen molar-refractivity contribution < 1.29 is 23.1 Å². The minimum Gasteiger partial charge on any atom is -0.387 e. The number of aliphatic hydroxyl groups is 1. The maximum Gasteiger partial charge on any atom is 0.411 e. The van der Waals surface area contributed by atoms with E-state index >= 15 is 0 Å². The molecule has 0 heterocycles. The standard InChI is InChI=1S/C4H9NO.C2H3F3O/c1-4(6)5(2)3;3-2(4,5)1-6/h1-3H3;6H,1H2. The van der Waals surface area contributed by atoms with E-state index in [0.717, 1.165) is 0 Å². The third-order valence-electron chi connectivity index (χ3n) is 0.809. The lowest BCUT2D eigenvalue weighted by Crippen LogP contribution is -2.17. The zero-order valence-electron chi connectivity index (χ0n) is 7.14. The van der Waals surface area contributed by atoms with Gasteiger partial charge in [-0.05, 0) is 0 Å². The number of amides is 1. The molecule has 0 bridgehead atoms. The van der Waals surface area contributed by atoms with Crippen molar-refractivity contribution in [2.75, 3.05) is 20.7 Å². The van der Waals surface area contributed by atoms with Crippen molar-refractivity contribution in [3.8, 4) is 0 Å². The second kappa shape index (κ2) is 5.82. The van der Waals surface area contributed by atoms with Gasteiger partial charge in [0, 0.05) is 21.0 Å². The summed E-state index contributed by atoms with van der Waals surface area (Å²) in [5.41, 5.74) is 0. The first-order valence-corrected chi connectivity index (χ1v) is 3.06. The average molecular weight is 187 g/mol. The quantitative estimate of drug-likeness (QED) is 0.604. The normalized spacial score (nSPS) is 9.92. The number of carbonyl (C=O) groups is 1. The van der Waals surface area contributed by atoms with Crippen LogP contribution in [0.1, 0.15) is 6.92 Å². The molecule has 0 aromatic rings. The Morgan fingerprint density at radius 3 is 1.58 bits per heavy atom. The highest BCUT2D eigenvalue weighted by molar-refractivity contribution is 5.72. The van der Waals surface area contributed by atoms with E-state index in [0.29, 0.717) is 0 Å². The van der Waals surface area contributed by atoms with Gasteiger partial charge in [0.2, 0.25) is 5.91 Å². The molecule has 1 amide bonds. The molecule has 0 saturated heterocycles. The van der Waals surface area contributed by atoms with Crippen LogP contribution in [0.15, 0.2) is 0 Å². The van der Waals surface area contributed by atoms with Gasteiger partial charge in [-0.25, -0.2) is 0 Å². The van der Waals surface area contributed by atoms with Gasteiger partial charge in [-0.1, -0.05) is 0 Å². The predicted octanol–water partition coefficient (Wildman–Crippen LogP) is 0.635. The van der Waals surface area contributed by atoms with Gasteiger partial charge in [-0.3, -0.25) is 4.79 Å². The molecule has 0 aliphatic heterocycles. The molecule has 0 aliphatic carbocycles. The zero-order valence-corrected chi connectivity index (χ0v) is 7.14. The van der Waals surface area contributed by atoms with Crippen LogP contribution in [0.2, 0.25) is 0 Å². The lowest BCUT2D eigenvalue weighted by atomic mass is 10.7. The fourth-order valence-electron chi connectivity index (χ4n) is 0. The molecule has 12 heavy (non-hydrogen) atoms. The Morgan fingerprint density at radius 2 is 1.58 bits per heavy atom. The lowest BCUT2D eigenvalue weighted by molar-refractivity contribution is -0.159. The maximum absolute atomic E-state index is 10.5. The number of aliphatic hydroxyl groups excluding tert-OH is 1. The Kier molecular flexibility index (Phi) is 6.68. The molecule has 0 unspecified atom stereocenters. The largest absolute Gasteiger partial charge is 0.411 e. The third kappa shape index (κ3) is 16.1. The van der Waals surface area contributed by atoms with E-state index in [1.165, 1.54) is 11.8 Å². The summed E-state index contributed by atoms with van der Waals surface area (Å²) in [6, 6.07) is 0. The van der Waals surface area contributed by atoms with Gasteiger partial charge in [0.25, 0.3) is 0 Å². The Labute approximate surface area is 68.8 Å². The van der Waals surface area contributed by atoms with E-state index < -0.39 is 12.8 Å². The molecule has 0 rings (SSSR count). The first-order valence-electron chi connectivity index (χ1n) is 3.06. The van der Waals surface area contributed by atoms with Crippen molar-refractivity contribution in [1.82, 2.24) is 4.90 Å². The maximum atomic E-state index is 10.5. The van der Waals surface area contributed by atoms with Crippen LogP contribution in [0.4, 0.5) is 13.2 Å². The fourth-order valence-corrected chi connectivity index (χ4v) is 0. The lowest BCUT2D eigenvalue weighted by Gasteiger charge is -2.02. The van der Waals surface area contributed by atoms with Crippen molar-refractivity contribution in [3.05, 3.63) is 0 Å². The molecule has 0 atom stereocenters. The second-order valence-electron chi connectivity index (χ2n) is 2.19. The van der Waals surface area contributed by atoms with Crippen molar-refractivity contribution in [2.45, 2.75) is 13.1 Å². The molecule has 1 N–H and O–H groups in total. The van der Waals surface area contributed by atoms with E-state index in [1.54, 1.807) is 14.1 Å². The third-order valence-corrected chi connectivity index (χ3v) is 0.809. The Hall–Kier alpha value is -0.780. The number of alkyl halides is 3. The highest BCUT2D eigenvalue weighted by atomic mass is 19.4. The molecule has 0 radical (unpaired) electrons. The summed E-state index contributed by atoms with van der Waals surface area (Å²) >= 11 is 0. The first kappa shape index (κ1) is 13.8. The minimum atomic E-state index is -4.40. The molecule has 74 valence electrons. The van der Waals surface area contributed by atoms with Crippen LogP contribution in [-0.2, 0) is 4.79 Å². The Morgan fingerprint density at radius 1 is 1.42 bits per heavy atom. The monoisotopic (exact) mass is 187 g/mol. The molecule has 0 fully saturated rings. The van der Waals surface area contributed by atoms with Gasteiger partial charge in [-0.15, -0.1) is 0 Å². The number of hydrogen-bond acceptors (Lipinski definition) is 2. The van der Waals surface area contributed by atoms with Crippen molar-refractivity contribution in [1.29, 1.82) is 0 Å². The predicted molar refractivity (Wildman–Crippen MR) is 37.5 cm³/mol. The van der Waals surface area contributed by atoms with Crippen molar-refractivity contribution in [2.24, 2.45) is 0 Å². The number of carbonyl (C=O) groups excluding carboxylic acids is 1. The molecule has 0 aromatic carbocycles. The molecule has 6 heteroatoms. The molecular weight excluding hydrogens is 175 g/mol. The summed E-state index contributed by atoms with van der Waals surface area (Å²) in [4.78, 5) is 11.6. The number of hydrogen-bond donors (Lipinski definition) is 1. The highest BCUT2D eigenvalue weighted by Crippen LogP contribution is 2.11. The number of halogens is 3. The van der Waals surface area contributed by atoms with E-state index in [-0.39, 0.29) is 5.91 Å². The van der Waals surface area contributed by atoms with Crippen LogP contribution in [0.25, 0.3) is 0 Å². The van der Waals surface area contributed by atoms with E-state index in [1.807, 2.05) is 0 Å². The average Bonchev–Trinajstić information content (AvgIpc) is 1.87.